The highest BCUT2D eigenvalue weighted by molar-refractivity contribution is 5.64. The van der Waals surface area contributed by atoms with E-state index in [4.69, 9.17) is 4.74 Å². The zero-order valence-electron chi connectivity index (χ0n) is 16.5. The molecule has 0 aliphatic heterocycles. The molecule has 0 fully saturated rings. The number of rotatable bonds is 11. The maximum absolute atomic E-state index is 13.9. The number of hydrogen-bond acceptors (Lipinski definition) is 4. The van der Waals surface area contributed by atoms with Gasteiger partial charge >= 0.3 is 0 Å². The molecular weight excluding hydrogens is 362 g/mol. The second-order valence-corrected chi connectivity index (χ2v) is 6.81. The number of benzene rings is 1. The van der Waals surface area contributed by atoms with Gasteiger partial charge in [-0.25, -0.2) is 14.4 Å². The first-order valence-corrected chi connectivity index (χ1v) is 9.80. The van der Waals surface area contributed by atoms with E-state index < -0.39 is 17.4 Å². The van der Waals surface area contributed by atoms with Crippen LogP contribution in [0, 0.1) is 11.6 Å². The van der Waals surface area contributed by atoms with Crippen LogP contribution in [0.1, 0.15) is 58.2 Å². The lowest BCUT2D eigenvalue weighted by Gasteiger charge is -2.11. The largest absolute Gasteiger partial charge is 0.505 e. The van der Waals surface area contributed by atoms with E-state index in [1.807, 2.05) is 12.2 Å². The van der Waals surface area contributed by atoms with Crippen molar-refractivity contribution in [2.24, 2.45) is 0 Å². The van der Waals surface area contributed by atoms with Crippen LogP contribution >= 0.6 is 0 Å². The van der Waals surface area contributed by atoms with E-state index in [-0.39, 0.29) is 11.7 Å². The average molecular weight is 390 g/mol. The summed E-state index contributed by atoms with van der Waals surface area (Å²) in [4.78, 5) is 8.33. The predicted molar refractivity (Wildman–Crippen MR) is 107 cm³/mol. The highest BCUT2D eigenvalue weighted by Crippen LogP contribution is 2.28. The van der Waals surface area contributed by atoms with Crippen LogP contribution < -0.4 is 0 Å². The number of allylic oxidation sites excluding steroid dienone is 1. The summed E-state index contributed by atoms with van der Waals surface area (Å²) >= 11 is 0. The van der Waals surface area contributed by atoms with E-state index in [9.17, 15) is 13.9 Å². The summed E-state index contributed by atoms with van der Waals surface area (Å²) in [5, 5.41) is 9.19. The SMILES string of the molecule is CCCCCOC(C)CCCC=Cc1ncc(-c2ccc(O)c(F)c2F)cn1. The van der Waals surface area contributed by atoms with Crippen LogP contribution in [0.4, 0.5) is 8.78 Å². The van der Waals surface area contributed by atoms with Gasteiger partial charge in [0.05, 0.1) is 6.10 Å². The van der Waals surface area contributed by atoms with Crippen molar-refractivity contribution in [1.82, 2.24) is 9.97 Å². The molecule has 0 radical (unpaired) electrons. The van der Waals surface area contributed by atoms with Crippen molar-refractivity contribution in [1.29, 1.82) is 0 Å². The van der Waals surface area contributed by atoms with Crippen molar-refractivity contribution in [3.05, 3.63) is 48.1 Å². The Morgan fingerprint density at radius 2 is 1.86 bits per heavy atom. The second-order valence-electron chi connectivity index (χ2n) is 6.81. The molecule has 4 nitrogen and oxygen atoms in total. The number of ether oxygens (including phenoxy) is 1. The monoisotopic (exact) mass is 390 g/mol. The van der Waals surface area contributed by atoms with Crippen molar-refractivity contribution in [2.75, 3.05) is 6.61 Å². The van der Waals surface area contributed by atoms with Gasteiger partial charge < -0.3 is 9.84 Å². The normalized spacial score (nSPS) is 12.6. The maximum atomic E-state index is 13.9. The number of hydrogen-bond donors (Lipinski definition) is 1. The number of aromatic hydroxyl groups is 1. The van der Waals surface area contributed by atoms with Crippen molar-refractivity contribution < 1.29 is 18.6 Å². The van der Waals surface area contributed by atoms with Crippen molar-refractivity contribution >= 4 is 6.08 Å². The van der Waals surface area contributed by atoms with Crippen molar-refractivity contribution in [3.63, 3.8) is 0 Å². The van der Waals surface area contributed by atoms with Gasteiger partial charge in [0.25, 0.3) is 0 Å². The van der Waals surface area contributed by atoms with Crippen LogP contribution in [-0.2, 0) is 4.74 Å². The fraction of sp³-hybridized carbons (Fsp3) is 0.455. The lowest BCUT2D eigenvalue weighted by atomic mass is 10.1. The molecule has 28 heavy (non-hydrogen) atoms. The predicted octanol–water partition coefficient (Wildman–Crippen LogP) is 5.91. The molecule has 1 heterocycles. The summed E-state index contributed by atoms with van der Waals surface area (Å²) in [5.41, 5.74) is 0.362. The van der Waals surface area contributed by atoms with Gasteiger partial charge in [-0.05, 0) is 50.8 Å². The molecule has 152 valence electrons. The minimum absolute atomic E-state index is 0.0127. The third-order valence-corrected chi connectivity index (χ3v) is 4.44. The summed E-state index contributed by atoms with van der Waals surface area (Å²) in [7, 11) is 0. The minimum atomic E-state index is -1.27. The van der Waals surface area contributed by atoms with Gasteiger partial charge in [0.2, 0.25) is 5.82 Å². The topological polar surface area (TPSA) is 55.2 Å². The van der Waals surface area contributed by atoms with Crippen LogP contribution in [0.25, 0.3) is 17.2 Å². The van der Waals surface area contributed by atoms with Crippen LogP contribution in [-0.4, -0.2) is 27.8 Å². The Labute approximate surface area is 165 Å². The third kappa shape index (κ3) is 6.68. The Balaban J connectivity index is 1.79. The van der Waals surface area contributed by atoms with E-state index in [0.29, 0.717) is 11.4 Å². The summed E-state index contributed by atoms with van der Waals surface area (Å²) in [6.45, 7) is 5.11. The van der Waals surface area contributed by atoms with Crippen molar-refractivity contribution in [3.8, 4) is 16.9 Å². The second kappa shape index (κ2) is 11.5. The molecule has 0 saturated heterocycles. The van der Waals surface area contributed by atoms with Crippen molar-refractivity contribution in [2.45, 2.75) is 58.5 Å². The van der Waals surface area contributed by atoms with Crippen LogP contribution in [0.2, 0.25) is 0 Å². The molecule has 6 heteroatoms. The highest BCUT2D eigenvalue weighted by atomic mass is 19.2. The molecule has 1 N–H and O–H groups in total. The molecular formula is C22H28F2N2O2. The van der Waals surface area contributed by atoms with Gasteiger partial charge in [-0.15, -0.1) is 0 Å². The van der Waals surface area contributed by atoms with Gasteiger partial charge in [-0.2, -0.15) is 4.39 Å². The summed E-state index contributed by atoms with van der Waals surface area (Å²) < 4.78 is 33.1. The molecule has 0 spiro atoms. The summed E-state index contributed by atoms with van der Waals surface area (Å²) in [6, 6.07) is 2.41. The van der Waals surface area contributed by atoms with E-state index in [0.717, 1.165) is 38.4 Å². The van der Waals surface area contributed by atoms with Gasteiger partial charge in [-0.1, -0.05) is 25.8 Å². The molecule has 1 aromatic carbocycles. The van der Waals surface area contributed by atoms with E-state index in [1.54, 1.807) is 0 Å². The highest BCUT2D eigenvalue weighted by Gasteiger charge is 2.14. The lowest BCUT2D eigenvalue weighted by Crippen LogP contribution is -2.08. The zero-order chi connectivity index (χ0) is 20.4. The maximum Gasteiger partial charge on any atom is 0.200 e. The first-order chi connectivity index (χ1) is 13.5. The molecule has 0 bridgehead atoms. The quantitative estimate of drug-likeness (QED) is 0.485. The van der Waals surface area contributed by atoms with Crippen LogP contribution in [0.3, 0.4) is 0 Å². The molecule has 0 aliphatic rings. The fourth-order valence-electron chi connectivity index (χ4n) is 2.76. The van der Waals surface area contributed by atoms with E-state index in [1.165, 1.54) is 31.3 Å². The number of unbranched alkanes of at least 4 members (excludes halogenated alkanes) is 3. The Kier molecular flexibility index (Phi) is 9.01. The van der Waals surface area contributed by atoms with Crippen LogP contribution in [0.15, 0.2) is 30.6 Å². The van der Waals surface area contributed by atoms with Gasteiger partial charge in [0.1, 0.15) is 0 Å². The van der Waals surface area contributed by atoms with Gasteiger partial charge in [-0.3, -0.25) is 0 Å². The molecule has 0 amide bonds. The number of nitrogens with zero attached hydrogens (tertiary/aromatic N) is 2. The first kappa shape index (κ1) is 22.0. The summed E-state index contributed by atoms with van der Waals surface area (Å²) in [6.07, 6.45) is 13.4. The van der Waals surface area contributed by atoms with Crippen LogP contribution in [0.5, 0.6) is 5.75 Å². The number of phenolic OH excluding ortho intramolecular Hbond substituents is 1. The zero-order valence-corrected chi connectivity index (χ0v) is 16.5. The van der Waals surface area contributed by atoms with Gasteiger partial charge in [0, 0.05) is 30.1 Å². The first-order valence-electron chi connectivity index (χ1n) is 9.80. The Morgan fingerprint density at radius 1 is 1.11 bits per heavy atom. The standard InChI is InChI=1S/C22H28F2N2O2/c1-3-4-8-13-28-16(2)9-6-5-7-10-20-25-14-17(15-26-20)18-11-12-19(27)22(24)21(18)23/h7,10-12,14-16,27H,3-6,8-9,13H2,1-2H3. The Bertz CT molecular complexity index is 764. The molecule has 2 aromatic rings. The lowest BCUT2D eigenvalue weighted by molar-refractivity contribution is 0.0566. The molecule has 0 saturated carbocycles. The average Bonchev–Trinajstić information content (AvgIpc) is 2.70. The molecule has 1 aromatic heterocycles. The molecule has 1 unspecified atom stereocenters. The summed E-state index contributed by atoms with van der Waals surface area (Å²) in [5.74, 6) is -2.60. The Morgan fingerprint density at radius 3 is 2.57 bits per heavy atom. The van der Waals surface area contributed by atoms with E-state index >= 15 is 0 Å². The Hall–Kier alpha value is -2.34. The molecule has 2 rings (SSSR count). The minimum Gasteiger partial charge on any atom is -0.505 e. The number of phenols is 1. The fourth-order valence-corrected chi connectivity index (χ4v) is 2.76. The third-order valence-electron chi connectivity index (χ3n) is 4.44. The number of aromatic nitrogens is 2. The van der Waals surface area contributed by atoms with Gasteiger partial charge in [0.15, 0.2) is 17.4 Å². The molecule has 1 atom stereocenters. The number of halogens is 2. The smallest absolute Gasteiger partial charge is 0.200 e. The van der Waals surface area contributed by atoms with E-state index in [2.05, 4.69) is 23.8 Å². The molecule has 0 aliphatic carbocycles.